The lowest BCUT2D eigenvalue weighted by molar-refractivity contribution is -0.120. The SMILES string of the molecule is COc1cccc(NC(=O)[C@@H](C)N2CCN(c3ccccc3O)CC2)c1. The number of carbonyl (C=O) groups is 1. The Morgan fingerprint density at radius 1 is 1.12 bits per heavy atom. The summed E-state index contributed by atoms with van der Waals surface area (Å²) in [6.45, 7) is 5.00. The molecule has 1 amide bonds. The largest absolute Gasteiger partial charge is 0.506 e. The van der Waals surface area contributed by atoms with Gasteiger partial charge in [-0.25, -0.2) is 0 Å². The van der Waals surface area contributed by atoms with E-state index in [2.05, 4.69) is 15.1 Å². The molecule has 0 spiro atoms. The molecule has 1 aliphatic rings. The summed E-state index contributed by atoms with van der Waals surface area (Å²) in [6, 6.07) is 14.5. The van der Waals surface area contributed by atoms with E-state index in [1.807, 2.05) is 43.3 Å². The third kappa shape index (κ3) is 4.08. The van der Waals surface area contributed by atoms with E-state index in [1.54, 1.807) is 19.2 Å². The zero-order valence-electron chi connectivity index (χ0n) is 15.2. The molecule has 2 aromatic rings. The van der Waals surface area contributed by atoms with Crippen LogP contribution in [0, 0.1) is 0 Å². The van der Waals surface area contributed by atoms with Crippen LogP contribution in [-0.2, 0) is 4.79 Å². The summed E-state index contributed by atoms with van der Waals surface area (Å²) in [5.41, 5.74) is 1.58. The summed E-state index contributed by atoms with van der Waals surface area (Å²) >= 11 is 0. The molecule has 1 fully saturated rings. The summed E-state index contributed by atoms with van der Waals surface area (Å²) in [6.07, 6.45) is 0. The van der Waals surface area contributed by atoms with Crippen molar-refractivity contribution in [2.45, 2.75) is 13.0 Å². The van der Waals surface area contributed by atoms with Gasteiger partial charge in [-0.05, 0) is 31.2 Å². The zero-order valence-corrected chi connectivity index (χ0v) is 15.2. The molecule has 3 rings (SSSR count). The number of nitrogens with one attached hydrogen (secondary N) is 1. The highest BCUT2D eigenvalue weighted by molar-refractivity contribution is 5.94. The molecule has 0 aromatic heterocycles. The summed E-state index contributed by atoms with van der Waals surface area (Å²) in [5, 5.41) is 13.0. The molecular formula is C20H25N3O3. The molecule has 2 aromatic carbocycles. The number of anilines is 2. The third-order valence-electron chi connectivity index (χ3n) is 4.80. The molecule has 0 unspecified atom stereocenters. The number of methoxy groups -OCH3 is 1. The predicted octanol–water partition coefficient (Wildman–Crippen LogP) is 2.55. The zero-order chi connectivity index (χ0) is 18.5. The fraction of sp³-hybridized carbons (Fsp3) is 0.350. The van der Waals surface area contributed by atoms with Crippen LogP contribution in [0.15, 0.2) is 48.5 Å². The highest BCUT2D eigenvalue weighted by atomic mass is 16.5. The summed E-state index contributed by atoms with van der Waals surface area (Å²) in [4.78, 5) is 16.9. The van der Waals surface area contributed by atoms with Crippen molar-refractivity contribution < 1.29 is 14.6 Å². The smallest absolute Gasteiger partial charge is 0.241 e. The molecule has 138 valence electrons. The Kier molecular flexibility index (Phi) is 5.63. The highest BCUT2D eigenvalue weighted by Crippen LogP contribution is 2.27. The van der Waals surface area contributed by atoms with Gasteiger partial charge in [-0.15, -0.1) is 0 Å². The number of aromatic hydroxyl groups is 1. The van der Waals surface area contributed by atoms with Crippen LogP contribution in [-0.4, -0.2) is 55.2 Å². The third-order valence-corrected chi connectivity index (χ3v) is 4.80. The van der Waals surface area contributed by atoms with Crippen LogP contribution in [0.25, 0.3) is 0 Å². The fourth-order valence-corrected chi connectivity index (χ4v) is 3.20. The van der Waals surface area contributed by atoms with E-state index in [1.165, 1.54) is 0 Å². The molecule has 1 aliphatic heterocycles. The molecule has 0 aliphatic carbocycles. The van der Waals surface area contributed by atoms with Crippen molar-refractivity contribution >= 4 is 17.3 Å². The Labute approximate surface area is 154 Å². The van der Waals surface area contributed by atoms with Crippen LogP contribution < -0.4 is 15.0 Å². The van der Waals surface area contributed by atoms with Gasteiger partial charge in [0, 0.05) is 37.9 Å². The van der Waals surface area contributed by atoms with Gasteiger partial charge >= 0.3 is 0 Å². The van der Waals surface area contributed by atoms with Crippen molar-refractivity contribution in [1.29, 1.82) is 0 Å². The Morgan fingerprint density at radius 2 is 1.85 bits per heavy atom. The minimum Gasteiger partial charge on any atom is -0.506 e. The van der Waals surface area contributed by atoms with E-state index < -0.39 is 0 Å². The molecule has 2 N–H and O–H groups in total. The topological polar surface area (TPSA) is 65.0 Å². The van der Waals surface area contributed by atoms with E-state index in [-0.39, 0.29) is 11.9 Å². The average molecular weight is 355 g/mol. The molecule has 6 nitrogen and oxygen atoms in total. The quantitative estimate of drug-likeness (QED) is 0.863. The van der Waals surface area contributed by atoms with Gasteiger partial charge in [0.05, 0.1) is 18.8 Å². The number of para-hydroxylation sites is 2. The Bertz CT molecular complexity index is 757. The predicted molar refractivity (Wildman–Crippen MR) is 103 cm³/mol. The van der Waals surface area contributed by atoms with Crippen molar-refractivity contribution in [2.75, 3.05) is 43.5 Å². The van der Waals surface area contributed by atoms with Crippen LogP contribution in [0.2, 0.25) is 0 Å². The Balaban J connectivity index is 1.56. The van der Waals surface area contributed by atoms with Gasteiger partial charge in [0.15, 0.2) is 0 Å². The summed E-state index contributed by atoms with van der Waals surface area (Å²) in [7, 11) is 1.60. The van der Waals surface area contributed by atoms with Crippen LogP contribution in [0.4, 0.5) is 11.4 Å². The lowest BCUT2D eigenvalue weighted by Crippen LogP contribution is -2.52. The number of hydrogen-bond acceptors (Lipinski definition) is 5. The number of phenols is 1. The molecule has 0 bridgehead atoms. The van der Waals surface area contributed by atoms with Gasteiger partial charge in [-0.3, -0.25) is 9.69 Å². The average Bonchev–Trinajstić information content (AvgIpc) is 2.68. The lowest BCUT2D eigenvalue weighted by Gasteiger charge is -2.38. The second-order valence-electron chi connectivity index (χ2n) is 6.41. The van der Waals surface area contributed by atoms with Crippen molar-refractivity contribution in [3.8, 4) is 11.5 Å². The molecule has 1 heterocycles. The van der Waals surface area contributed by atoms with Crippen LogP contribution in [0.3, 0.4) is 0 Å². The maximum Gasteiger partial charge on any atom is 0.241 e. The lowest BCUT2D eigenvalue weighted by atomic mass is 10.2. The normalized spacial score (nSPS) is 16.2. The van der Waals surface area contributed by atoms with Crippen molar-refractivity contribution in [3.05, 3.63) is 48.5 Å². The minimum atomic E-state index is -0.229. The first kappa shape index (κ1) is 18.1. The maximum absolute atomic E-state index is 12.6. The van der Waals surface area contributed by atoms with Gasteiger partial charge in [-0.2, -0.15) is 0 Å². The summed E-state index contributed by atoms with van der Waals surface area (Å²) in [5.74, 6) is 0.978. The molecule has 0 radical (unpaired) electrons. The van der Waals surface area contributed by atoms with E-state index in [0.29, 0.717) is 11.5 Å². The van der Waals surface area contributed by atoms with E-state index >= 15 is 0 Å². The molecule has 1 saturated heterocycles. The highest BCUT2D eigenvalue weighted by Gasteiger charge is 2.26. The number of nitrogens with zero attached hydrogens (tertiary/aromatic N) is 2. The van der Waals surface area contributed by atoms with Gasteiger partial charge in [0.2, 0.25) is 5.91 Å². The van der Waals surface area contributed by atoms with Crippen LogP contribution >= 0.6 is 0 Å². The number of piperazine rings is 1. The van der Waals surface area contributed by atoms with Gasteiger partial charge < -0.3 is 20.1 Å². The van der Waals surface area contributed by atoms with Crippen LogP contribution in [0.1, 0.15) is 6.92 Å². The molecule has 0 saturated carbocycles. The number of ether oxygens (including phenoxy) is 1. The second-order valence-corrected chi connectivity index (χ2v) is 6.41. The first-order valence-electron chi connectivity index (χ1n) is 8.80. The van der Waals surface area contributed by atoms with Crippen molar-refractivity contribution in [3.63, 3.8) is 0 Å². The number of hydrogen-bond donors (Lipinski definition) is 2. The van der Waals surface area contributed by atoms with Gasteiger partial charge in [0.25, 0.3) is 0 Å². The summed E-state index contributed by atoms with van der Waals surface area (Å²) < 4.78 is 5.19. The second kappa shape index (κ2) is 8.10. The number of amides is 1. The Hall–Kier alpha value is -2.73. The van der Waals surface area contributed by atoms with Crippen molar-refractivity contribution in [2.24, 2.45) is 0 Å². The fourth-order valence-electron chi connectivity index (χ4n) is 3.20. The monoisotopic (exact) mass is 355 g/mol. The van der Waals surface area contributed by atoms with Gasteiger partial charge in [-0.1, -0.05) is 18.2 Å². The first-order chi connectivity index (χ1) is 12.6. The van der Waals surface area contributed by atoms with Gasteiger partial charge in [0.1, 0.15) is 11.5 Å². The van der Waals surface area contributed by atoms with Crippen LogP contribution in [0.5, 0.6) is 11.5 Å². The maximum atomic E-state index is 12.6. The van der Waals surface area contributed by atoms with E-state index in [0.717, 1.165) is 37.6 Å². The molecule has 26 heavy (non-hydrogen) atoms. The number of carbonyl (C=O) groups excluding carboxylic acids is 1. The Morgan fingerprint density at radius 3 is 2.54 bits per heavy atom. The molecule has 6 heteroatoms. The molecule has 1 atom stereocenters. The minimum absolute atomic E-state index is 0.0331. The standard InChI is InChI=1S/C20H25N3O3/c1-15(20(25)21-16-6-5-7-17(14-16)26-2)22-10-12-23(13-11-22)18-8-3-4-9-19(18)24/h3-9,14-15,24H,10-13H2,1-2H3,(H,21,25)/t15-/m1/s1. The van der Waals surface area contributed by atoms with E-state index in [4.69, 9.17) is 4.74 Å². The van der Waals surface area contributed by atoms with E-state index in [9.17, 15) is 9.90 Å². The number of rotatable bonds is 5. The number of phenolic OH excluding ortho intramolecular Hbond substituents is 1. The number of benzene rings is 2. The molecular weight excluding hydrogens is 330 g/mol. The van der Waals surface area contributed by atoms with Crippen molar-refractivity contribution in [1.82, 2.24) is 4.90 Å². The first-order valence-corrected chi connectivity index (χ1v) is 8.80.